The van der Waals surface area contributed by atoms with Gasteiger partial charge in [0.1, 0.15) is 0 Å². The Balaban J connectivity index is 2.82. The van der Waals surface area contributed by atoms with Crippen molar-refractivity contribution in [3.63, 3.8) is 0 Å². The number of nitrogens with zero attached hydrogens (tertiary/aromatic N) is 2. The van der Waals surface area contributed by atoms with Crippen molar-refractivity contribution in [2.75, 3.05) is 11.8 Å². The summed E-state index contributed by atoms with van der Waals surface area (Å²) in [5.74, 6) is 0.520. The number of hydrogen-bond acceptors (Lipinski definition) is 5. The van der Waals surface area contributed by atoms with Gasteiger partial charge in [0, 0.05) is 0 Å². The lowest BCUT2D eigenvalue weighted by Crippen LogP contribution is -2.23. The van der Waals surface area contributed by atoms with Crippen LogP contribution in [0.3, 0.4) is 0 Å². The molecule has 15 heavy (non-hydrogen) atoms. The first-order valence-electron chi connectivity index (χ1n) is 4.33. The van der Waals surface area contributed by atoms with Crippen LogP contribution in [0.5, 0.6) is 5.88 Å². The SMILES string of the molecule is COc1cnc(NS(=O)(=O)C(C)C)cn1. The number of sulfonamides is 1. The van der Waals surface area contributed by atoms with Crippen molar-refractivity contribution in [1.82, 2.24) is 9.97 Å². The Morgan fingerprint density at radius 1 is 1.33 bits per heavy atom. The topological polar surface area (TPSA) is 81.2 Å². The van der Waals surface area contributed by atoms with Crippen LogP contribution in [0.15, 0.2) is 12.4 Å². The molecule has 0 atom stereocenters. The minimum absolute atomic E-state index is 0.185. The van der Waals surface area contributed by atoms with Crippen molar-refractivity contribution in [2.24, 2.45) is 0 Å². The van der Waals surface area contributed by atoms with Gasteiger partial charge in [0.05, 0.1) is 24.8 Å². The van der Waals surface area contributed by atoms with Crippen LogP contribution in [-0.4, -0.2) is 30.7 Å². The first-order valence-corrected chi connectivity index (χ1v) is 5.88. The first-order chi connectivity index (χ1) is 6.95. The lowest BCUT2D eigenvalue weighted by atomic mass is 10.6. The number of anilines is 1. The predicted octanol–water partition coefficient (Wildman–Crippen LogP) is 0.635. The quantitative estimate of drug-likeness (QED) is 0.822. The minimum atomic E-state index is -3.36. The number of rotatable bonds is 4. The highest BCUT2D eigenvalue weighted by Gasteiger charge is 2.16. The fourth-order valence-corrected chi connectivity index (χ4v) is 1.37. The fraction of sp³-hybridized carbons (Fsp3) is 0.500. The molecule has 0 saturated carbocycles. The normalized spacial score (nSPS) is 11.5. The average molecular weight is 231 g/mol. The van der Waals surface area contributed by atoms with Gasteiger partial charge in [0.15, 0.2) is 5.82 Å². The van der Waals surface area contributed by atoms with Crippen molar-refractivity contribution < 1.29 is 13.2 Å². The van der Waals surface area contributed by atoms with Crippen LogP contribution in [0.25, 0.3) is 0 Å². The van der Waals surface area contributed by atoms with Gasteiger partial charge in [-0.25, -0.2) is 18.4 Å². The Morgan fingerprint density at radius 3 is 2.40 bits per heavy atom. The number of nitrogens with one attached hydrogen (secondary N) is 1. The zero-order chi connectivity index (χ0) is 11.5. The van der Waals surface area contributed by atoms with Crippen molar-refractivity contribution in [3.8, 4) is 5.88 Å². The second-order valence-electron chi connectivity index (χ2n) is 3.14. The van der Waals surface area contributed by atoms with E-state index in [0.29, 0.717) is 5.88 Å². The lowest BCUT2D eigenvalue weighted by molar-refractivity contribution is 0.396. The molecule has 6 nitrogen and oxygen atoms in total. The lowest BCUT2D eigenvalue weighted by Gasteiger charge is -2.09. The number of ether oxygens (including phenoxy) is 1. The second kappa shape index (κ2) is 4.43. The van der Waals surface area contributed by atoms with E-state index in [1.807, 2.05) is 0 Å². The standard InChI is InChI=1S/C8H13N3O3S/c1-6(2)15(12,13)11-7-4-10-8(14-3)5-9-7/h4-6H,1-3H3,(H,9,11). The van der Waals surface area contributed by atoms with Gasteiger partial charge >= 0.3 is 0 Å². The molecule has 0 bridgehead atoms. The molecular formula is C8H13N3O3S. The van der Waals surface area contributed by atoms with Crippen LogP contribution in [-0.2, 0) is 10.0 Å². The molecule has 84 valence electrons. The molecule has 0 aliphatic rings. The van der Waals surface area contributed by atoms with E-state index in [2.05, 4.69) is 14.7 Å². The van der Waals surface area contributed by atoms with Crippen LogP contribution in [0.4, 0.5) is 5.82 Å². The van der Waals surface area contributed by atoms with Gasteiger partial charge in [-0.1, -0.05) is 0 Å². The molecule has 0 aliphatic carbocycles. The highest BCUT2D eigenvalue weighted by molar-refractivity contribution is 7.93. The Labute approximate surface area is 88.8 Å². The maximum atomic E-state index is 11.4. The summed E-state index contributed by atoms with van der Waals surface area (Å²) in [5.41, 5.74) is 0. The summed E-state index contributed by atoms with van der Waals surface area (Å²) in [6.45, 7) is 3.17. The van der Waals surface area contributed by atoms with Gasteiger partial charge in [-0.3, -0.25) is 4.72 Å². The van der Waals surface area contributed by atoms with Crippen molar-refractivity contribution in [1.29, 1.82) is 0 Å². The molecule has 1 heterocycles. The fourth-order valence-electron chi connectivity index (χ4n) is 0.738. The van der Waals surface area contributed by atoms with Gasteiger partial charge < -0.3 is 4.74 Å². The van der Waals surface area contributed by atoms with E-state index in [0.717, 1.165) is 0 Å². The van der Waals surface area contributed by atoms with E-state index >= 15 is 0 Å². The molecule has 0 aromatic carbocycles. The Kier molecular flexibility index (Phi) is 3.46. The van der Waals surface area contributed by atoms with E-state index in [4.69, 9.17) is 4.74 Å². The molecule has 1 aromatic rings. The van der Waals surface area contributed by atoms with E-state index < -0.39 is 15.3 Å². The van der Waals surface area contributed by atoms with E-state index in [9.17, 15) is 8.42 Å². The summed E-state index contributed by atoms with van der Waals surface area (Å²) >= 11 is 0. The third-order valence-electron chi connectivity index (χ3n) is 1.70. The largest absolute Gasteiger partial charge is 0.480 e. The second-order valence-corrected chi connectivity index (χ2v) is 5.38. The van der Waals surface area contributed by atoms with E-state index in [1.165, 1.54) is 19.5 Å². The Morgan fingerprint density at radius 2 is 2.00 bits per heavy atom. The van der Waals surface area contributed by atoms with Crippen LogP contribution >= 0.6 is 0 Å². The first kappa shape index (κ1) is 11.7. The van der Waals surface area contributed by atoms with Gasteiger partial charge in [-0.2, -0.15) is 0 Å². The Hall–Kier alpha value is -1.37. The van der Waals surface area contributed by atoms with Crippen LogP contribution < -0.4 is 9.46 Å². The molecule has 0 radical (unpaired) electrons. The molecule has 0 aliphatic heterocycles. The number of methoxy groups -OCH3 is 1. The van der Waals surface area contributed by atoms with Gasteiger partial charge in [-0.05, 0) is 13.8 Å². The smallest absolute Gasteiger partial charge is 0.236 e. The molecule has 1 rings (SSSR count). The molecule has 0 unspecified atom stereocenters. The van der Waals surface area contributed by atoms with Crippen molar-refractivity contribution in [3.05, 3.63) is 12.4 Å². The molecule has 1 N–H and O–H groups in total. The Bertz CT molecular complexity index is 413. The third kappa shape index (κ3) is 3.05. The summed E-state index contributed by atoms with van der Waals surface area (Å²) in [6.07, 6.45) is 2.65. The summed E-state index contributed by atoms with van der Waals surface area (Å²) in [7, 11) is -1.90. The summed E-state index contributed by atoms with van der Waals surface area (Å²) in [5, 5.41) is -0.513. The van der Waals surface area contributed by atoms with Crippen molar-refractivity contribution in [2.45, 2.75) is 19.1 Å². The molecule has 1 aromatic heterocycles. The monoisotopic (exact) mass is 231 g/mol. The highest BCUT2D eigenvalue weighted by Crippen LogP contribution is 2.10. The van der Waals surface area contributed by atoms with Crippen LogP contribution in [0, 0.1) is 0 Å². The molecular weight excluding hydrogens is 218 g/mol. The van der Waals surface area contributed by atoms with Gasteiger partial charge in [-0.15, -0.1) is 0 Å². The summed E-state index contributed by atoms with van der Waals surface area (Å²) in [6, 6.07) is 0. The van der Waals surface area contributed by atoms with Crippen LogP contribution in [0.1, 0.15) is 13.8 Å². The maximum absolute atomic E-state index is 11.4. The molecule has 0 spiro atoms. The maximum Gasteiger partial charge on any atom is 0.236 e. The van der Waals surface area contributed by atoms with Gasteiger partial charge in [0.25, 0.3) is 0 Å². The zero-order valence-electron chi connectivity index (χ0n) is 8.76. The number of aromatic nitrogens is 2. The third-order valence-corrected chi connectivity index (χ3v) is 3.44. The minimum Gasteiger partial charge on any atom is -0.480 e. The van der Waals surface area contributed by atoms with E-state index in [-0.39, 0.29) is 5.82 Å². The highest BCUT2D eigenvalue weighted by atomic mass is 32.2. The zero-order valence-corrected chi connectivity index (χ0v) is 9.58. The van der Waals surface area contributed by atoms with E-state index in [1.54, 1.807) is 13.8 Å². The van der Waals surface area contributed by atoms with Crippen molar-refractivity contribution >= 4 is 15.8 Å². The predicted molar refractivity (Wildman–Crippen MR) is 56.3 cm³/mol. The van der Waals surface area contributed by atoms with Gasteiger partial charge in [0.2, 0.25) is 15.9 Å². The summed E-state index contributed by atoms with van der Waals surface area (Å²) in [4.78, 5) is 7.67. The van der Waals surface area contributed by atoms with Crippen LogP contribution in [0.2, 0.25) is 0 Å². The summed E-state index contributed by atoms with van der Waals surface area (Å²) < 4.78 is 30.0. The molecule has 7 heteroatoms. The molecule has 0 amide bonds. The number of hydrogen-bond donors (Lipinski definition) is 1. The average Bonchev–Trinajstić information content (AvgIpc) is 2.18. The molecule has 0 fully saturated rings. The molecule has 0 saturated heterocycles.